The molecule has 6 nitrogen and oxygen atoms in total. The Labute approximate surface area is 173 Å². The van der Waals surface area contributed by atoms with Crippen molar-refractivity contribution < 1.29 is 4.79 Å². The van der Waals surface area contributed by atoms with Crippen LogP contribution in [0.2, 0.25) is 10.0 Å². The van der Waals surface area contributed by atoms with E-state index >= 15 is 0 Å². The number of benzene rings is 1. The molecule has 3 N–H and O–H groups in total. The summed E-state index contributed by atoms with van der Waals surface area (Å²) in [5, 5.41) is 12.8. The van der Waals surface area contributed by atoms with Crippen LogP contribution < -0.4 is 11.2 Å². The van der Waals surface area contributed by atoms with E-state index in [1.165, 1.54) is 22.9 Å². The van der Waals surface area contributed by atoms with E-state index in [1.807, 2.05) is 0 Å². The van der Waals surface area contributed by atoms with Gasteiger partial charge in [0.15, 0.2) is 5.82 Å². The van der Waals surface area contributed by atoms with Gasteiger partial charge >= 0.3 is 0 Å². The molecule has 1 saturated carbocycles. The number of carbonyl (C=O) groups excluding carboxylic acids is 1. The lowest BCUT2D eigenvalue weighted by Crippen LogP contribution is -2.44. The fraction of sp³-hybridized carbons (Fsp3) is 0.500. The van der Waals surface area contributed by atoms with Crippen LogP contribution in [0, 0.1) is 11.8 Å². The van der Waals surface area contributed by atoms with Crippen molar-refractivity contribution in [2.75, 3.05) is 11.6 Å². The summed E-state index contributed by atoms with van der Waals surface area (Å²) in [5.74, 6) is 7.87. The Morgan fingerprint density at radius 2 is 2.11 bits per heavy atom. The summed E-state index contributed by atoms with van der Waals surface area (Å²) >= 11 is 13.4. The molecular formula is C18H23Cl2N5OS. The molecule has 1 aromatic carbocycles. The molecule has 146 valence electrons. The minimum absolute atomic E-state index is 0.0139. The summed E-state index contributed by atoms with van der Waals surface area (Å²) in [6.07, 6.45) is 3.43. The number of hydrogen-bond acceptors (Lipinski definition) is 5. The molecule has 0 aliphatic heterocycles. The van der Waals surface area contributed by atoms with Gasteiger partial charge < -0.3 is 11.2 Å². The molecule has 1 heterocycles. The predicted octanol–water partition coefficient (Wildman–Crippen LogP) is 4.00. The molecule has 0 bridgehead atoms. The van der Waals surface area contributed by atoms with Gasteiger partial charge in [0, 0.05) is 16.6 Å². The second-order valence-corrected chi connectivity index (χ2v) is 8.82. The molecule has 0 radical (unpaired) electrons. The van der Waals surface area contributed by atoms with E-state index in [2.05, 4.69) is 29.4 Å². The number of thioether (sulfide) groups is 1. The average Bonchev–Trinajstić information content (AvgIpc) is 2.98. The third-order valence-corrected chi connectivity index (χ3v) is 6.71. The second kappa shape index (κ2) is 8.71. The van der Waals surface area contributed by atoms with Gasteiger partial charge in [-0.15, -0.1) is 10.2 Å². The van der Waals surface area contributed by atoms with Gasteiger partial charge in [0.2, 0.25) is 11.1 Å². The predicted molar refractivity (Wildman–Crippen MR) is 110 cm³/mol. The van der Waals surface area contributed by atoms with Crippen LogP contribution in [0.25, 0.3) is 11.4 Å². The molecule has 0 spiro atoms. The normalized spacial score (nSPS) is 22.6. The number of nitrogen functional groups attached to an aromatic ring is 1. The lowest BCUT2D eigenvalue weighted by molar-refractivity contribution is -0.120. The molecule has 1 aromatic heterocycles. The highest BCUT2D eigenvalue weighted by Crippen LogP contribution is 2.31. The average molecular weight is 428 g/mol. The SMILES string of the molecule is C[C@H]1[C@H](C)CCC[C@H]1NC(=O)CSc1nnc(-c2ccc(Cl)cc2Cl)n1N. The lowest BCUT2D eigenvalue weighted by atomic mass is 9.78. The van der Waals surface area contributed by atoms with Crippen LogP contribution in [0.5, 0.6) is 0 Å². The van der Waals surface area contributed by atoms with Crippen molar-refractivity contribution in [1.82, 2.24) is 20.2 Å². The fourth-order valence-electron chi connectivity index (χ4n) is 3.39. The summed E-state index contributed by atoms with van der Waals surface area (Å²) in [6.45, 7) is 4.46. The number of nitrogens with zero attached hydrogens (tertiary/aromatic N) is 3. The van der Waals surface area contributed by atoms with Gasteiger partial charge in [0.05, 0.1) is 10.8 Å². The monoisotopic (exact) mass is 427 g/mol. The molecule has 1 amide bonds. The first-order chi connectivity index (χ1) is 12.9. The molecule has 1 aliphatic carbocycles. The number of amides is 1. The van der Waals surface area contributed by atoms with E-state index in [4.69, 9.17) is 29.0 Å². The topological polar surface area (TPSA) is 85.8 Å². The van der Waals surface area contributed by atoms with E-state index in [1.54, 1.807) is 18.2 Å². The molecule has 3 atom stereocenters. The van der Waals surface area contributed by atoms with Crippen molar-refractivity contribution in [3.63, 3.8) is 0 Å². The first-order valence-electron chi connectivity index (χ1n) is 8.95. The molecule has 0 saturated heterocycles. The van der Waals surface area contributed by atoms with Crippen LogP contribution in [0.3, 0.4) is 0 Å². The number of halogens is 2. The molecule has 27 heavy (non-hydrogen) atoms. The first kappa shape index (κ1) is 20.3. The van der Waals surface area contributed by atoms with Gasteiger partial charge in [-0.05, 0) is 36.5 Å². The number of rotatable bonds is 5. The Morgan fingerprint density at radius 3 is 2.85 bits per heavy atom. The van der Waals surface area contributed by atoms with Gasteiger partial charge in [-0.25, -0.2) is 4.68 Å². The maximum Gasteiger partial charge on any atom is 0.230 e. The van der Waals surface area contributed by atoms with Crippen LogP contribution in [0.4, 0.5) is 0 Å². The highest BCUT2D eigenvalue weighted by molar-refractivity contribution is 7.99. The Morgan fingerprint density at radius 1 is 1.33 bits per heavy atom. The largest absolute Gasteiger partial charge is 0.352 e. The van der Waals surface area contributed by atoms with E-state index in [0.717, 1.165) is 12.8 Å². The molecule has 9 heteroatoms. The van der Waals surface area contributed by atoms with Crippen molar-refractivity contribution in [3.05, 3.63) is 28.2 Å². The standard InChI is InChI=1S/C18H23Cl2N5OS/c1-10-4-3-5-15(11(10)2)22-16(26)9-27-18-24-23-17(25(18)21)13-7-6-12(19)8-14(13)20/h6-8,10-11,15H,3-5,9,21H2,1-2H3,(H,22,26)/t10-,11+,15-/m1/s1. The zero-order valence-corrected chi connectivity index (χ0v) is 17.6. The van der Waals surface area contributed by atoms with Gasteiger partial charge in [-0.2, -0.15) is 0 Å². The zero-order valence-electron chi connectivity index (χ0n) is 15.3. The van der Waals surface area contributed by atoms with Crippen molar-refractivity contribution in [1.29, 1.82) is 0 Å². The van der Waals surface area contributed by atoms with Crippen molar-refractivity contribution in [2.24, 2.45) is 11.8 Å². The van der Waals surface area contributed by atoms with Crippen LogP contribution in [-0.2, 0) is 4.79 Å². The van der Waals surface area contributed by atoms with Gasteiger partial charge in [0.25, 0.3) is 0 Å². The molecular weight excluding hydrogens is 405 g/mol. The fourth-order valence-corrected chi connectivity index (χ4v) is 4.55. The Bertz CT molecular complexity index is 828. The third kappa shape index (κ3) is 4.70. The summed E-state index contributed by atoms with van der Waals surface area (Å²) in [5.41, 5.74) is 0.636. The lowest BCUT2D eigenvalue weighted by Gasteiger charge is -2.34. The first-order valence-corrected chi connectivity index (χ1v) is 10.7. The zero-order chi connectivity index (χ0) is 19.6. The van der Waals surface area contributed by atoms with Crippen LogP contribution in [-0.4, -0.2) is 32.6 Å². The molecule has 1 fully saturated rings. The van der Waals surface area contributed by atoms with Crippen LogP contribution in [0.1, 0.15) is 33.1 Å². The summed E-state index contributed by atoms with van der Waals surface area (Å²) in [7, 11) is 0. The minimum atomic E-state index is -0.0139. The number of aromatic nitrogens is 3. The second-order valence-electron chi connectivity index (χ2n) is 7.03. The van der Waals surface area contributed by atoms with Crippen molar-refractivity contribution >= 4 is 40.9 Å². The van der Waals surface area contributed by atoms with Gasteiger partial charge in [-0.1, -0.05) is 61.7 Å². The Kier molecular flexibility index (Phi) is 6.55. The van der Waals surface area contributed by atoms with Crippen LogP contribution in [0.15, 0.2) is 23.4 Å². The third-order valence-electron chi connectivity index (χ3n) is 5.22. The highest BCUT2D eigenvalue weighted by atomic mass is 35.5. The minimum Gasteiger partial charge on any atom is -0.352 e. The summed E-state index contributed by atoms with van der Waals surface area (Å²) in [6, 6.07) is 5.32. The van der Waals surface area contributed by atoms with E-state index in [9.17, 15) is 4.79 Å². The Balaban J connectivity index is 1.62. The Hall–Kier alpha value is -1.44. The van der Waals surface area contributed by atoms with Crippen molar-refractivity contribution in [3.8, 4) is 11.4 Å². The number of hydrogen-bond donors (Lipinski definition) is 2. The maximum absolute atomic E-state index is 12.4. The van der Waals surface area contributed by atoms with E-state index in [-0.39, 0.29) is 17.7 Å². The smallest absolute Gasteiger partial charge is 0.230 e. The number of nitrogens with two attached hydrogens (primary N) is 1. The van der Waals surface area contributed by atoms with Gasteiger partial charge in [-0.3, -0.25) is 4.79 Å². The van der Waals surface area contributed by atoms with E-state index in [0.29, 0.717) is 38.4 Å². The number of nitrogens with one attached hydrogen (secondary N) is 1. The number of carbonyl (C=O) groups is 1. The van der Waals surface area contributed by atoms with E-state index < -0.39 is 0 Å². The summed E-state index contributed by atoms with van der Waals surface area (Å²) in [4.78, 5) is 12.4. The highest BCUT2D eigenvalue weighted by Gasteiger charge is 2.28. The van der Waals surface area contributed by atoms with Crippen LogP contribution >= 0.6 is 35.0 Å². The maximum atomic E-state index is 12.4. The van der Waals surface area contributed by atoms with Crippen molar-refractivity contribution in [2.45, 2.75) is 44.3 Å². The quantitative estimate of drug-likeness (QED) is 0.556. The molecule has 2 aromatic rings. The summed E-state index contributed by atoms with van der Waals surface area (Å²) < 4.78 is 1.35. The van der Waals surface area contributed by atoms with Gasteiger partial charge in [0.1, 0.15) is 0 Å². The molecule has 1 aliphatic rings. The molecule has 3 rings (SSSR count). The molecule has 0 unspecified atom stereocenters.